The molecule has 0 aromatic heterocycles. The lowest BCUT2D eigenvalue weighted by Crippen LogP contribution is -2.34. The van der Waals surface area contributed by atoms with Crippen molar-refractivity contribution in [3.63, 3.8) is 0 Å². The molecule has 0 aromatic rings. The van der Waals surface area contributed by atoms with Gasteiger partial charge in [0, 0.05) is 31.2 Å². The number of likely N-dealkylation sites (tertiary alicyclic amines) is 1. The molecule has 1 heterocycles. The van der Waals surface area contributed by atoms with E-state index in [-0.39, 0.29) is 16.3 Å². The lowest BCUT2D eigenvalue weighted by atomic mass is 10.1. The van der Waals surface area contributed by atoms with Crippen molar-refractivity contribution >= 4 is 22.8 Å². The van der Waals surface area contributed by atoms with Crippen LogP contribution in [0.3, 0.4) is 0 Å². The van der Waals surface area contributed by atoms with Gasteiger partial charge in [-0.2, -0.15) is 0 Å². The van der Waals surface area contributed by atoms with Crippen LogP contribution in [0.1, 0.15) is 52.9 Å². The van der Waals surface area contributed by atoms with Gasteiger partial charge < -0.3 is 4.90 Å². The van der Waals surface area contributed by atoms with Crippen LogP contribution < -0.4 is 0 Å². The topological polar surface area (TPSA) is 37.4 Å². The second-order valence-corrected chi connectivity index (χ2v) is 6.30. The summed E-state index contributed by atoms with van der Waals surface area (Å²) >= 11 is 1.31. The summed E-state index contributed by atoms with van der Waals surface area (Å²) in [6.07, 6.45) is 5.24. The highest BCUT2D eigenvalue weighted by Gasteiger charge is 2.33. The van der Waals surface area contributed by atoms with Crippen LogP contribution in [0.15, 0.2) is 0 Å². The molecular weight excluding hydrogens is 234 g/mol. The van der Waals surface area contributed by atoms with Crippen LogP contribution >= 0.6 is 11.8 Å². The molecule has 2 unspecified atom stereocenters. The number of amides is 1. The van der Waals surface area contributed by atoms with Crippen LogP contribution in [0.5, 0.6) is 0 Å². The number of nitrogens with zero attached hydrogens (tertiary/aromatic N) is 1. The van der Waals surface area contributed by atoms with Crippen molar-refractivity contribution in [2.45, 2.75) is 64.2 Å². The van der Waals surface area contributed by atoms with E-state index in [0.717, 1.165) is 13.0 Å². The van der Waals surface area contributed by atoms with Crippen molar-refractivity contribution in [3.8, 4) is 0 Å². The summed E-state index contributed by atoms with van der Waals surface area (Å²) in [6.45, 7) is 6.62. The largest absolute Gasteiger partial charge is 0.339 e. The van der Waals surface area contributed by atoms with Crippen LogP contribution in [0.2, 0.25) is 0 Å². The molecule has 1 fully saturated rings. The molecule has 1 amide bonds. The fraction of sp³-hybridized carbons (Fsp3) is 0.846. The first-order chi connectivity index (χ1) is 8.04. The maximum absolute atomic E-state index is 11.8. The molecule has 1 aliphatic heterocycles. The summed E-state index contributed by atoms with van der Waals surface area (Å²) in [7, 11) is 0. The first-order valence-corrected chi connectivity index (χ1v) is 7.39. The number of carbonyl (C=O) groups is 2. The van der Waals surface area contributed by atoms with E-state index < -0.39 is 0 Å². The summed E-state index contributed by atoms with van der Waals surface area (Å²) < 4.78 is 0. The molecule has 0 radical (unpaired) electrons. The second-order valence-electron chi connectivity index (χ2n) is 4.83. The van der Waals surface area contributed by atoms with Gasteiger partial charge in [0.1, 0.15) is 0 Å². The van der Waals surface area contributed by atoms with Crippen molar-refractivity contribution in [1.82, 2.24) is 4.90 Å². The summed E-state index contributed by atoms with van der Waals surface area (Å²) in [6, 6.07) is 0.326. The lowest BCUT2D eigenvalue weighted by Gasteiger charge is -2.24. The minimum absolute atomic E-state index is 0.114. The molecule has 0 bridgehead atoms. The molecule has 0 aromatic carbocycles. The zero-order valence-electron chi connectivity index (χ0n) is 11.1. The summed E-state index contributed by atoms with van der Waals surface area (Å²) in [5, 5.41) is 0.289. The van der Waals surface area contributed by atoms with E-state index in [9.17, 15) is 9.59 Å². The third kappa shape index (κ3) is 4.70. The number of hydrogen-bond donors (Lipinski definition) is 0. The number of hydrogen-bond acceptors (Lipinski definition) is 3. The van der Waals surface area contributed by atoms with Crippen molar-refractivity contribution in [3.05, 3.63) is 0 Å². The SMILES string of the molecule is CCCCCC(C)N1CC(SC(C)=O)CC1=O. The molecule has 1 saturated heterocycles. The monoisotopic (exact) mass is 257 g/mol. The van der Waals surface area contributed by atoms with Crippen molar-refractivity contribution in [1.29, 1.82) is 0 Å². The molecule has 1 rings (SSSR count). The summed E-state index contributed by atoms with van der Waals surface area (Å²) in [4.78, 5) is 24.8. The molecule has 0 spiro atoms. The third-order valence-electron chi connectivity index (χ3n) is 3.21. The quantitative estimate of drug-likeness (QED) is 0.687. The van der Waals surface area contributed by atoms with Gasteiger partial charge in [0.15, 0.2) is 5.12 Å². The third-order valence-corrected chi connectivity index (χ3v) is 4.19. The van der Waals surface area contributed by atoms with Gasteiger partial charge in [0.25, 0.3) is 0 Å². The molecule has 17 heavy (non-hydrogen) atoms. The van der Waals surface area contributed by atoms with E-state index >= 15 is 0 Å². The minimum Gasteiger partial charge on any atom is -0.339 e. The summed E-state index contributed by atoms with van der Waals surface area (Å²) in [5.41, 5.74) is 0. The van der Waals surface area contributed by atoms with Crippen molar-refractivity contribution in [2.75, 3.05) is 6.54 Å². The Morgan fingerprint density at radius 3 is 2.82 bits per heavy atom. The van der Waals surface area contributed by atoms with Gasteiger partial charge in [-0.05, 0) is 13.3 Å². The molecule has 1 aliphatic rings. The van der Waals surface area contributed by atoms with E-state index in [1.165, 1.54) is 31.0 Å². The van der Waals surface area contributed by atoms with E-state index in [4.69, 9.17) is 0 Å². The molecule has 0 N–H and O–H groups in total. The zero-order valence-corrected chi connectivity index (χ0v) is 11.9. The fourth-order valence-corrected chi connectivity index (χ4v) is 3.21. The molecular formula is C13H23NO2S. The number of rotatable bonds is 6. The first kappa shape index (κ1) is 14.6. The lowest BCUT2D eigenvalue weighted by molar-refractivity contribution is -0.129. The second kappa shape index (κ2) is 7.04. The van der Waals surface area contributed by atoms with Gasteiger partial charge in [0.2, 0.25) is 5.91 Å². The maximum Gasteiger partial charge on any atom is 0.224 e. The van der Waals surface area contributed by atoms with Crippen LogP contribution in [0.25, 0.3) is 0 Å². The van der Waals surface area contributed by atoms with Crippen molar-refractivity contribution in [2.24, 2.45) is 0 Å². The highest BCUT2D eigenvalue weighted by atomic mass is 32.2. The predicted octanol–water partition coefficient (Wildman–Crippen LogP) is 2.84. The summed E-state index contributed by atoms with van der Waals surface area (Å²) in [5.74, 6) is 0.216. The molecule has 98 valence electrons. The molecule has 0 aliphatic carbocycles. The van der Waals surface area contributed by atoms with E-state index in [2.05, 4.69) is 13.8 Å². The van der Waals surface area contributed by atoms with Gasteiger partial charge in [-0.1, -0.05) is 37.9 Å². The van der Waals surface area contributed by atoms with Crippen LogP contribution in [0.4, 0.5) is 0 Å². The maximum atomic E-state index is 11.8. The highest BCUT2D eigenvalue weighted by molar-refractivity contribution is 8.14. The average molecular weight is 257 g/mol. The average Bonchev–Trinajstić information content (AvgIpc) is 2.58. The standard InChI is InChI=1S/C13H23NO2S/c1-4-5-6-7-10(2)14-9-12(8-13(14)16)17-11(3)15/h10,12H,4-9H2,1-3H3. The molecule has 2 atom stereocenters. The Hall–Kier alpha value is -0.510. The van der Waals surface area contributed by atoms with Crippen LogP contribution in [0, 0.1) is 0 Å². The highest BCUT2D eigenvalue weighted by Crippen LogP contribution is 2.26. The Morgan fingerprint density at radius 2 is 2.24 bits per heavy atom. The van der Waals surface area contributed by atoms with Gasteiger partial charge >= 0.3 is 0 Å². The van der Waals surface area contributed by atoms with E-state index in [1.54, 1.807) is 6.92 Å². The Morgan fingerprint density at radius 1 is 1.53 bits per heavy atom. The van der Waals surface area contributed by atoms with E-state index in [1.807, 2.05) is 4.90 Å². The smallest absolute Gasteiger partial charge is 0.224 e. The van der Waals surface area contributed by atoms with Gasteiger partial charge in [-0.25, -0.2) is 0 Å². The minimum atomic E-state index is 0.114. The Bertz CT molecular complexity index is 281. The van der Waals surface area contributed by atoms with Gasteiger partial charge in [0.05, 0.1) is 0 Å². The van der Waals surface area contributed by atoms with Crippen molar-refractivity contribution < 1.29 is 9.59 Å². The van der Waals surface area contributed by atoms with E-state index in [0.29, 0.717) is 12.5 Å². The number of thioether (sulfide) groups is 1. The zero-order chi connectivity index (χ0) is 12.8. The van der Waals surface area contributed by atoms with Crippen LogP contribution in [-0.4, -0.2) is 33.8 Å². The Balaban J connectivity index is 2.38. The Kier molecular flexibility index (Phi) is 6.03. The predicted molar refractivity (Wildman–Crippen MR) is 72.0 cm³/mol. The fourth-order valence-electron chi connectivity index (χ4n) is 2.28. The number of unbranched alkanes of at least 4 members (excludes halogenated alkanes) is 2. The molecule has 0 saturated carbocycles. The Labute approximate surface area is 108 Å². The van der Waals surface area contributed by atoms with Gasteiger partial charge in [-0.3, -0.25) is 9.59 Å². The van der Waals surface area contributed by atoms with Crippen LogP contribution in [-0.2, 0) is 9.59 Å². The van der Waals surface area contributed by atoms with Gasteiger partial charge in [-0.15, -0.1) is 0 Å². The molecule has 4 heteroatoms. The molecule has 3 nitrogen and oxygen atoms in total. The normalized spacial score (nSPS) is 21.9. The first-order valence-electron chi connectivity index (χ1n) is 6.51. The number of carbonyl (C=O) groups excluding carboxylic acids is 2.